The van der Waals surface area contributed by atoms with Crippen LogP contribution < -0.4 is 5.73 Å². The largest absolute Gasteiger partial charge is 0.340 e. The standard InChI is InChI=1S/C16H21N5/c1-3-21-16(18-11-19-21)10-20-7-6-14-5-4-13(8-12(2)17)9-15(14)20/h4-7,9,11-12H,3,8,10,17H2,1-2H3. The zero-order valence-electron chi connectivity index (χ0n) is 12.5. The van der Waals surface area contributed by atoms with Crippen LogP contribution in [0.25, 0.3) is 10.9 Å². The van der Waals surface area contributed by atoms with Gasteiger partial charge in [0.25, 0.3) is 0 Å². The van der Waals surface area contributed by atoms with E-state index in [0.717, 1.165) is 25.3 Å². The molecule has 21 heavy (non-hydrogen) atoms. The minimum Gasteiger partial charge on any atom is -0.340 e. The molecule has 2 heterocycles. The molecular formula is C16H21N5. The number of hydrogen-bond acceptors (Lipinski definition) is 3. The van der Waals surface area contributed by atoms with E-state index in [4.69, 9.17) is 5.73 Å². The van der Waals surface area contributed by atoms with Crippen LogP contribution >= 0.6 is 0 Å². The first kappa shape index (κ1) is 13.8. The number of aryl methyl sites for hydroxylation is 1. The monoisotopic (exact) mass is 283 g/mol. The molecule has 3 rings (SSSR count). The minimum absolute atomic E-state index is 0.175. The van der Waals surface area contributed by atoms with Crippen molar-refractivity contribution in [1.82, 2.24) is 19.3 Å². The fraction of sp³-hybridized carbons (Fsp3) is 0.375. The molecule has 5 nitrogen and oxygen atoms in total. The first-order valence-electron chi connectivity index (χ1n) is 7.37. The zero-order chi connectivity index (χ0) is 14.8. The van der Waals surface area contributed by atoms with E-state index in [1.165, 1.54) is 16.5 Å². The summed E-state index contributed by atoms with van der Waals surface area (Å²) in [6, 6.07) is 8.86. The lowest BCUT2D eigenvalue weighted by atomic mass is 10.1. The Bertz CT molecular complexity index is 738. The number of nitrogens with zero attached hydrogens (tertiary/aromatic N) is 4. The molecule has 0 aliphatic rings. The summed E-state index contributed by atoms with van der Waals surface area (Å²) in [5, 5.41) is 5.47. The average Bonchev–Trinajstić information content (AvgIpc) is 3.06. The fourth-order valence-electron chi connectivity index (χ4n) is 2.69. The first-order chi connectivity index (χ1) is 10.2. The number of rotatable bonds is 5. The molecule has 0 amide bonds. The van der Waals surface area contributed by atoms with Crippen molar-refractivity contribution in [3.63, 3.8) is 0 Å². The normalized spacial score (nSPS) is 12.9. The number of benzene rings is 1. The molecule has 0 radical (unpaired) electrons. The number of aromatic nitrogens is 4. The van der Waals surface area contributed by atoms with Gasteiger partial charge < -0.3 is 10.3 Å². The Hall–Kier alpha value is -2.14. The van der Waals surface area contributed by atoms with E-state index in [9.17, 15) is 0 Å². The van der Waals surface area contributed by atoms with E-state index in [0.29, 0.717) is 0 Å². The third-order valence-corrected chi connectivity index (χ3v) is 3.70. The van der Waals surface area contributed by atoms with Gasteiger partial charge in [-0.25, -0.2) is 9.67 Å². The van der Waals surface area contributed by atoms with Crippen LogP contribution in [0.1, 0.15) is 25.2 Å². The van der Waals surface area contributed by atoms with Gasteiger partial charge in [-0.1, -0.05) is 12.1 Å². The van der Waals surface area contributed by atoms with Crippen LogP contribution in [-0.4, -0.2) is 25.4 Å². The van der Waals surface area contributed by atoms with Crippen molar-refractivity contribution < 1.29 is 0 Å². The Labute approximate surface area is 124 Å². The second kappa shape index (κ2) is 5.69. The molecule has 1 aromatic carbocycles. The molecular weight excluding hydrogens is 262 g/mol. The Kier molecular flexibility index (Phi) is 3.75. The predicted octanol–water partition coefficient (Wildman–Crippen LogP) is 2.19. The predicted molar refractivity (Wildman–Crippen MR) is 84.1 cm³/mol. The third kappa shape index (κ3) is 2.83. The van der Waals surface area contributed by atoms with Crippen LogP contribution in [0.15, 0.2) is 36.8 Å². The second-order valence-corrected chi connectivity index (χ2v) is 5.51. The summed E-state index contributed by atoms with van der Waals surface area (Å²) in [6.07, 6.45) is 4.62. The first-order valence-corrected chi connectivity index (χ1v) is 7.37. The Balaban J connectivity index is 1.95. The van der Waals surface area contributed by atoms with E-state index in [1.54, 1.807) is 6.33 Å². The molecule has 0 aliphatic heterocycles. The van der Waals surface area contributed by atoms with Crippen LogP contribution in [-0.2, 0) is 19.5 Å². The Morgan fingerprint density at radius 1 is 1.29 bits per heavy atom. The van der Waals surface area contributed by atoms with Crippen molar-refractivity contribution in [2.24, 2.45) is 5.73 Å². The van der Waals surface area contributed by atoms with Gasteiger partial charge in [-0.2, -0.15) is 5.10 Å². The summed E-state index contributed by atoms with van der Waals surface area (Å²) in [5.74, 6) is 0.979. The van der Waals surface area contributed by atoms with Gasteiger partial charge in [-0.3, -0.25) is 0 Å². The van der Waals surface area contributed by atoms with E-state index >= 15 is 0 Å². The molecule has 0 saturated heterocycles. The summed E-state index contributed by atoms with van der Waals surface area (Å²) in [5.41, 5.74) is 8.39. The molecule has 1 unspecified atom stereocenters. The average molecular weight is 283 g/mol. The second-order valence-electron chi connectivity index (χ2n) is 5.51. The molecule has 0 spiro atoms. The summed E-state index contributed by atoms with van der Waals surface area (Å²) in [7, 11) is 0. The lowest BCUT2D eigenvalue weighted by Crippen LogP contribution is -2.17. The highest BCUT2D eigenvalue weighted by atomic mass is 15.3. The highest BCUT2D eigenvalue weighted by Crippen LogP contribution is 2.19. The van der Waals surface area contributed by atoms with Crippen LogP contribution in [0.5, 0.6) is 0 Å². The van der Waals surface area contributed by atoms with Crippen LogP contribution in [0, 0.1) is 0 Å². The molecule has 1 atom stereocenters. The minimum atomic E-state index is 0.175. The molecule has 2 N–H and O–H groups in total. The molecule has 0 bridgehead atoms. The van der Waals surface area contributed by atoms with E-state index in [1.807, 2.05) is 11.6 Å². The topological polar surface area (TPSA) is 61.7 Å². The lowest BCUT2D eigenvalue weighted by molar-refractivity contribution is 0.597. The van der Waals surface area contributed by atoms with Crippen LogP contribution in [0.3, 0.4) is 0 Å². The number of nitrogens with two attached hydrogens (primary N) is 1. The summed E-state index contributed by atoms with van der Waals surface area (Å²) in [4.78, 5) is 4.35. The Morgan fingerprint density at radius 2 is 2.14 bits per heavy atom. The third-order valence-electron chi connectivity index (χ3n) is 3.70. The van der Waals surface area contributed by atoms with Gasteiger partial charge in [0.2, 0.25) is 0 Å². The van der Waals surface area contributed by atoms with Crippen molar-refractivity contribution in [2.75, 3.05) is 0 Å². The Morgan fingerprint density at radius 3 is 2.90 bits per heavy atom. The zero-order valence-corrected chi connectivity index (χ0v) is 12.5. The van der Waals surface area contributed by atoms with Crippen molar-refractivity contribution in [3.05, 3.63) is 48.2 Å². The van der Waals surface area contributed by atoms with Gasteiger partial charge in [-0.05, 0) is 43.4 Å². The van der Waals surface area contributed by atoms with E-state index in [2.05, 4.69) is 52.0 Å². The molecule has 0 saturated carbocycles. The molecule has 5 heteroatoms. The summed E-state index contributed by atoms with van der Waals surface area (Å²) < 4.78 is 4.15. The molecule has 110 valence electrons. The SMILES string of the molecule is CCn1ncnc1Cn1ccc2ccc(CC(C)N)cc21. The quantitative estimate of drug-likeness (QED) is 0.780. The van der Waals surface area contributed by atoms with E-state index < -0.39 is 0 Å². The summed E-state index contributed by atoms with van der Waals surface area (Å²) in [6.45, 7) is 5.68. The lowest BCUT2D eigenvalue weighted by Gasteiger charge is -2.09. The molecule has 0 fully saturated rings. The van der Waals surface area contributed by atoms with Crippen LogP contribution in [0.4, 0.5) is 0 Å². The van der Waals surface area contributed by atoms with Gasteiger partial charge in [0.1, 0.15) is 12.2 Å². The molecule has 3 aromatic rings. The van der Waals surface area contributed by atoms with Crippen molar-refractivity contribution in [2.45, 2.75) is 39.4 Å². The van der Waals surface area contributed by atoms with Gasteiger partial charge in [0.15, 0.2) is 0 Å². The van der Waals surface area contributed by atoms with E-state index in [-0.39, 0.29) is 6.04 Å². The van der Waals surface area contributed by atoms with Crippen LogP contribution in [0.2, 0.25) is 0 Å². The highest BCUT2D eigenvalue weighted by molar-refractivity contribution is 5.80. The molecule has 2 aromatic heterocycles. The summed E-state index contributed by atoms with van der Waals surface area (Å²) >= 11 is 0. The van der Waals surface area contributed by atoms with Crippen molar-refractivity contribution in [3.8, 4) is 0 Å². The smallest absolute Gasteiger partial charge is 0.146 e. The number of hydrogen-bond donors (Lipinski definition) is 1. The highest BCUT2D eigenvalue weighted by Gasteiger charge is 2.08. The number of fused-ring (bicyclic) bond motifs is 1. The van der Waals surface area contributed by atoms with Gasteiger partial charge in [-0.15, -0.1) is 0 Å². The van der Waals surface area contributed by atoms with Crippen molar-refractivity contribution in [1.29, 1.82) is 0 Å². The maximum atomic E-state index is 5.90. The maximum Gasteiger partial charge on any atom is 0.146 e. The van der Waals surface area contributed by atoms with Gasteiger partial charge in [0.05, 0.1) is 6.54 Å². The van der Waals surface area contributed by atoms with Gasteiger partial charge in [0, 0.05) is 24.3 Å². The van der Waals surface area contributed by atoms with Gasteiger partial charge >= 0.3 is 0 Å². The fourth-order valence-corrected chi connectivity index (χ4v) is 2.69. The van der Waals surface area contributed by atoms with Crippen molar-refractivity contribution >= 4 is 10.9 Å². The molecule has 0 aliphatic carbocycles. The maximum absolute atomic E-state index is 5.90.